The normalized spacial score (nSPS) is 10.9. The van der Waals surface area contributed by atoms with Crippen LogP contribution in [0.4, 0.5) is 11.6 Å². The Morgan fingerprint density at radius 3 is 2.41 bits per heavy atom. The van der Waals surface area contributed by atoms with Gasteiger partial charge in [0.1, 0.15) is 5.65 Å². The van der Waals surface area contributed by atoms with Crippen molar-refractivity contribution in [3.8, 4) is 0 Å². The molecule has 0 spiro atoms. The van der Waals surface area contributed by atoms with E-state index in [2.05, 4.69) is 46.5 Å². The van der Waals surface area contributed by atoms with Crippen LogP contribution in [0.25, 0.3) is 11.0 Å². The molecule has 1 N–H and O–H groups in total. The van der Waals surface area contributed by atoms with E-state index >= 15 is 0 Å². The minimum atomic E-state index is -0.0774. The Kier molecular flexibility index (Phi) is 4.66. The fourth-order valence-electron chi connectivity index (χ4n) is 3.00. The molecular formula is C22H20N4O. The van der Waals surface area contributed by atoms with Crippen LogP contribution in [0, 0.1) is 0 Å². The Morgan fingerprint density at radius 1 is 0.926 bits per heavy atom. The highest BCUT2D eigenvalue weighted by molar-refractivity contribution is 5.75. The Hall–Kier alpha value is -3.47. The van der Waals surface area contributed by atoms with Crippen LogP contribution in [0.2, 0.25) is 0 Å². The summed E-state index contributed by atoms with van der Waals surface area (Å²) in [5.74, 6) is 0.467. The molecule has 5 nitrogen and oxygen atoms in total. The molecule has 2 heterocycles. The molecule has 2 aromatic carbocycles. The van der Waals surface area contributed by atoms with Crippen molar-refractivity contribution in [3.63, 3.8) is 0 Å². The molecule has 0 amide bonds. The number of benzene rings is 2. The molecule has 0 fully saturated rings. The lowest BCUT2D eigenvalue weighted by Gasteiger charge is -2.11. The summed E-state index contributed by atoms with van der Waals surface area (Å²) in [4.78, 5) is 21.5. The van der Waals surface area contributed by atoms with Gasteiger partial charge in [0, 0.05) is 23.3 Å². The molecular weight excluding hydrogens is 336 g/mol. The van der Waals surface area contributed by atoms with Gasteiger partial charge in [-0.1, -0.05) is 49.4 Å². The van der Waals surface area contributed by atoms with Crippen LogP contribution in [-0.2, 0) is 13.0 Å². The first-order chi connectivity index (χ1) is 13.2. The number of para-hydroxylation sites is 1. The fraction of sp³-hybridized carbons (Fsp3) is 0.136. The molecule has 2 aromatic heterocycles. The van der Waals surface area contributed by atoms with Crippen molar-refractivity contribution >= 4 is 22.7 Å². The molecule has 0 radical (unpaired) electrons. The smallest absolute Gasteiger partial charge is 0.252 e. The standard InChI is InChI=1S/C22H20N4O/c1-2-16-8-10-17(11-9-16)15-26-20(27)13-12-18-14-23-22(25-21(18)26)24-19-6-4-3-5-7-19/h3-14H,2,15H2,1H3,(H,23,24,25). The number of pyridine rings is 1. The van der Waals surface area contributed by atoms with E-state index in [1.54, 1.807) is 22.9 Å². The summed E-state index contributed by atoms with van der Waals surface area (Å²) < 4.78 is 1.69. The van der Waals surface area contributed by atoms with Crippen LogP contribution in [0.3, 0.4) is 0 Å². The number of hydrogen-bond donors (Lipinski definition) is 1. The molecule has 0 atom stereocenters. The van der Waals surface area contributed by atoms with Gasteiger partial charge in [0.15, 0.2) is 0 Å². The maximum absolute atomic E-state index is 12.5. The van der Waals surface area contributed by atoms with Crippen molar-refractivity contribution in [1.29, 1.82) is 0 Å². The van der Waals surface area contributed by atoms with Gasteiger partial charge in [-0.05, 0) is 35.7 Å². The molecule has 27 heavy (non-hydrogen) atoms. The number of nitrogens with one attached hydrogen (secondary N) is 1. The summed E-state index contributed by atoms with van der Waals surface area (Å²) >= 11 is 0. The summed E-state index contributed by atoms with van der Waals surface area (Å²) in [7, 11) is 0. The third kappa shape index (κ3) is 3.72. The lowest BCUT2D eigenvalue weighted by atomic mass is 10.1. The molecule has 4 rings (SSSR count). The quantitative estimate of drug-likeness (QED) is 0.584. The zero-order valence-electron chi connectivity index (χ0n) is 15.1. The number of anilines is 2. The molecule has 0 bridgehead atoms. The molecule has 134 valence electrons. The predicted molar refractivity (Wildman–Crippen MR) is 108 cm³/mol. The second kappa shape index (κ2) is 7.41. The molecule has 5 heteroatoms. The number of rotatable bonds is 5. The van der Waals surface area contributed by atoms with Crippen LogP contribution in [0.5, 0.6) is 0 Å². The predicted octanol–water partition coefficient (Wildman–Crippen LogP) is 4.15. The van der Waals surface area contributed by atoms with E-state index in [0.29, 0.717) is 18.1 Å². The number of hydrogen-bond acceptors (Lipinski definition) is 4. The number of aryl methyl sites for hydroxylation is 1. The molecule has 0 unspecified atom stereocenters. The van der Waals surface area contributed by atoms with Crippen LogP contribution >= 0.6 is 0 Å². The SMILES string of the molecule is CCc1ccc(Cn2c(=O)ccc3cnc(Nc4ccccc4)nc32)cc1. The van der Waals surface area contributed by atoms with Gasteiger partial charge in [-0.2, -0.15) is 4.98 Å². The van der Waals surface area contributed by atoms with Gasteiger partial charge >= 0.3 is 0 Å². The maximum Gasteiger partial charge on any atom is 0.252 e. The van der Waals surface area contributed by atoms with Crippen molar-refractivity contribution in [2.24, 2.45) is 0 Å². The maximum atomic E-state index is 12.5. The van der Waals surface area contributed by atoms with E-state index < -0.39 is 0 Å². The minimum absolute atomic E-state index is 0.0774. The molecule has 0 saturated heterocycles. The largest absolute Gasteiger partial charge is 0.324 e. The lowest BCUT2D eigenvalue weighted by molar-refractivity contribution is 0.781. The average Bonchev–Trinajstić information content (AvgIpc) is 2.71. The van der Waals surface area contributed by atoms with Crippen LogP contribution in [0.15, 0.2) is 77.7 Å². The number of aromatic nitrogens is 3. The molecule has 4 aromatic rings. The lowest BCUT2D eigenvalue weighted by Crippen LogP contribution is -2.21. The topological polar surface area (TPSA) is 59.8 Å². The first-order valence-corrected chi connectivity index (χ1v) is 8.99. The molecule has 0 saturated carbocycles. The Labute approximate surface area is 157 Å². The molecule has 0 aliphatic heterocycles. The highest BCUT2D eigenvalue weighted by Crippen LogP contribution is 2.16. The van der Waals surface area contributed by atoms with Crippen LogP contribution < -0.4 is 10.9 Å². The van der Waals surface area contributed by atoms with Gasteiger partial charge in [-0.3, -0.25) is 9.36 Å². The average molecular weight is 356 g/mol. The highest BCUT2D eigenvalue weighted by atomic mass is 16.1. The third-order valence-corrected chi connectivity index (χ3v) is 4.52. The van der Waals surface area contributed by atoms with Gasteiger partial charge in [0.25, 0.3) is 5.56 Å². The summed E-state index contributed by atoms with van der Waals surface area (Å²) in [5, 5.41) is 4.02. The van der Waals surface area contributed by atoms with Crippen molar-refractivity contribution in [1.82, 2.24) is 14.5 Å². The Morgan fingerprint density at radius 2 is 1.67 bits per heavy atom. The van der Waals surface area contributed by atoms with Gasteiger partial charge in [-0.25, -0.2) is 4.98 Å². The van der Waals surface area contributed by atoms with Gasteiger partial charge in [-0.15, -0.1) is 0 Å². The Balaban J connectivity index is 1.72. The van der Waals surface area contributed by atoms with E-state index in [1.807, 2.05) is 30.3 Å². The number of fused-ring (bicyclic) bond motifs is 1. The summed E-state index contributed by atoms with van der Waals surface area (Å²) in [6, 6.07) is 21.4. The second-order valence-electron chi connectivity index (χ2n) is 6.39. The van der Waals surface area contributed by atoms with Crippen molar-refractivity contribution < 1.29 is 0 Å². The number of nitrogens with zero attached hydrogens (tertiary/aromatic N) is 3. The fourth-order valence-corrected chi connectivity index (χ4v) is 3.00. The second-order valence-corrected chi connectivity index (χ2v) is 6.39. The van der Waals surface area contributed by atoms with E-state index in [-0.39, 0.29) is 5.56 Å². The van der Waals surface area contributed by atoms with Gasteiger partial charge in [0.05, 0.1) is 6.54 Å². The van der Waals surface area contributed by atoms with Crippen molar-refractivity contribution in [2.75, 3.05) is 5.32 Å². The van der Waals surface area contributed by atoms with Crippen LogP contribution in [0.1, 0.15) is 18.1 Å². The minimum Gasteiger partial charge on any atom is -0.324 e. The van der Waals surface area contributed by atoms with E-state index in [0.717, 1.165) is 23.1 Å². The zero-order valence-corrected chi connectivity index (χ0v) is 15.1. The van der Waals surface area contributed by atoms with Gasteiger partial charge < -0.3 is 5.32 Å². The van der Waals surface area contributed by atoms with Crippen LogP contribution in [-0.4, -0.2) is 14.5 Å². The summed E-state index contributed by atoms with van der Waals surface area (Å²) in [5.41, 5.74) is 3.79. The first-order valence-electron chi connectivity index (χ1n) is 8.99. The zero-order chi connectivity index (χ0) is 18.6. The van der Waals surface area contributed by atoms with E-state index in [4.69, 9.17) is 0 Å². The highest BCUT2D eigenvalue weighted by Gasteiger charge is 2.08. The van der Waals surface area contributed by atoms with E-state index in [1.165, 1.54) is 5.56 Å². The Bertz CT molecular complexity index is 1120. The summed E-state index contributed by atoms with van der Waals surface area (Å²) in [6.45, 7) is 2.60. The monoisotopic (exact) mass is 356 g/mol. The molecule has 0 aliphatic carbocycles. The van der Waals surface area contributed by atoms with Gasteiger partial charge in [0.2, 0.25) is 5.95 Å². The third-order valence-electron chi connectivity index (χ3n) is 4.52. The van der Waals surface area contributed by atoms with E-state index in [9.17, 15) is 4.79 Å². The van der Waals surface area contributed by atoms with Crippen molar-refractivity contribution in [2.45, 2.75) is 19.9 Å². The van der Waals surface area contributed by atoms with Crippen molar-refractivity contribution in [3.05, 3.63) is 94.4 Å². The summed E-state index contributed by atoms with van der Waals surface area (Å²) in [6.07, 6.45) is 2.74. The molecule has 0 aliphatic rings. The first kappa shape index (κ1) is 17.0.